The molecule has 17 heavy (non-hydrogen) atoms. The molecule has 1 rings (SSSR count). The normalized spacial score (nSPS) is 12.7. The summed E-state index contributed by atoms with van der Waals surface area (Å²) in [5, 5.41) is 0. The Morgan fingerprint density at radius 3 is 2.24 bits per heavy atom. The fraction of sp³-hybridized carbons (Fsp3) is 0.111. The van der Waals surface area contributed by atoms with Crippen molar-refractivity contribution in [3.63, 3.8) is 0 Å². The van der Waals surface area contributed by atoms with Gasteiger partial charge in [-0.15, -0.1) is 0 Å². The molecule has 1 aromatic carbocycles. The summed E-state index contributed by atoms with van der Waals surface area (Å²) in [6.07, 6.45) is 0. The molecule has 8 heteroatoms. The summed E-state index contributed by atoms with van der Waals surface area (Å²) in [5.41, 5.74) is -0.771. The molecule has 0 radical (unpaired) electrons. The molecule has 0 N–H and O–H groups in total. The molecule has 3 nitrogen and oxygen atoms in total. The van der Waals surface area contributed by atoms with Crippen LogP contribution < -0.4 is 29.6 Å². The number of benzene rings is 1. The van der Waals surface area contributed by atoms with Crippen molar-refractivity contribution in [3.05, 3.63) is 35.7 Å². The zero-order valence-electron chi connectivity index (χ0n) is 8.78. The van der Waals surface area contributed by atoms with E-state index in [-0.39, 0.29) is 29.6 Å². The summed E-state index contributed by atoms with van der Waals surface area (Å²) in [7, 11) is -4.93. The Labute approximate surface area is 118 Å². The molecule has 0 aromatic heterocycles. The number of hydrogen-bond acceptors (Lipinski definition) is 3. The van der Waals surface area contributed by atoms with Gasteiger partial charge in [-0.2, -0.15) is 0 Å². The van der Waals surface area contributed by atoms with E-state index >= 15 is 0 Å². The number of hydrogen-bond donors (Lipinski definition) is 0. The smallest absolute Gasteiger partial charge is 0.744 e. The van der Waals surface area contributed by atoms with Crippen molar-refractivity contribution in [2.24, 2.45) is 0 Å². The molecule has 0 heterocycles. The van der Waals surface area contributed by atoms with Crippen LogP contribution in [-0.4, -0.2) is 19.6 Å². The van der Waals surface area contributed by atoms with Crippen molar-refractivity contribution in [1.82, 2.24) is 0 Å². The molecule has 0 aliphatic rings. The number of halogens is 3. The molecule has 0 atom stereocenters. The van der Waals surface area contributed by atoms with E-state index in [0.29, 0.717) is 0 Å². The standard InChI is InChI=1S/C9H7F3O3S.Na/c10-5-7(11)9(12)6-3-1-2-4-8(6)16(13,14)15;/h1-4H,5H2,(H,13,14,15);/q;+1/p-1/b9-7+;. The summed E-state index contributed by atoms with van der Waals surface area (Å²) >= 11 is 0. The Balaban J connectivity index is 0.00000256. The zero-order valence-corrected chi connectivity index (χ0v) is 11.6. The minimum atomic E-state index is -4.93. The molecule has 0 saturated carbocycles. The van der Waals surface area contributed by atoms with E-state index in [1.54, 1.807) is 0 Å². The molecule has 0 unspecified atom stereocenters. The van der Waals surface area contributed by atoms with Gasteiger partial charge in [-0.1, -0.05) is 18.2 Å². The van der Waals surface area contributed by atoms with Crippen LogP contribution in [0.2, 0.25) is 0 Å². The topological polar surface area (TPSA) is 57.2 Å². The second-order valence-corrected chi connectivity index (χ2v) is 4.15. The van der Waals surface area contributed by atoms with Crippen molar-refractivity contribution in [2.45, 2.75) is 4.90 Å². The van der Waals surface area contributed by atoms with Gasteiger partial charge in [0.25, 0.3) is 0 Å². The SMILES string of the molecule is O=S(=O)([O-])c1ccccc1/C(F)=C(\F)CF.[Na+]. The summed E-state index contributed by atoms with van der Waals surface area (Å²) in [6.45, 7) is -1.71. The predicted octanol–water partition coefficient (Wildman–Crippen LogP) is -0.828. The third-order valence-electron chi connectivity index (χ3n) is 1.75. The van der Waals surface area contributed by atoms with Crippen LogP contribution in [-0.2, 0) is 10.1 Å². The maximum absolute atomic E-state index is 13.2. The van der Waals surface area contributed by atoms with E-state index in [2.05, 4.69) is 0 Å². The van der Waals surface area contributed by atoms with Gasteiger partial charge in [0, 0.05) is 5.56 Å². The first kappa shape index (κ1) is 16.7. The Morgan fingerprint density at radius 1 is 1.24 bits per heavy atom. The first-order chi connectivity index (χ1) is 7.38. The monoisotopic (exact) mass is 274 g/mol. The molecule has 0 fully saturated rings. The number of rotatable bonds is 3. The average Bonchev–Trinajstić information content (AvgIpc) is 2.26. The maximum Gasteiger partial charge on any atom is 1.00 e. The summed E-state index contributed by atoms with van der Waals surface area (Å²) in [5.74, 6) is -3.44. The Kier molecular flexibility index (Phi) is 6.42. The molecule has 0 aliphatic heterocycles. The first-order valence-corrected chi connectivity index (χ1v) is 5.44. The van der Waals surface area contributed by atoms with Gasteiger partial charge < -0.3 is 4.55 Å². The quantitative estimate of drug-likeness (QED) is 0.534. The molecule has 0 saturated heterocycles. The van der Waals surface area contributed by atoms with Crippen LogP contribution in [0.15, 0.2) is 35.0 Å². The minimum Gasteiger partial charge on any atom is -0.744 e. The largest absolute Gasteiger partial charge is 1.00 e. The Bertz CT molecular complexity index is 528. The maximum atomic E-state index is 13.2. The molecular weight excluding hydrogens is 268 g/mol. The van der Waals surface area contributed by atoms with E-state index in [1.807, 2.05) is 0 Å². The molecule has 0 amide bonds. The zero-order chi connectivity index (χ0) is 12.3. The van der Waals surface area contributed by atoms with Gasteiger partial charge in [0.15, 0.2) is 11.7 Å². The Hall–Kier alpha value is -0.340. The second-order valence-electron chi connectivity index (χ2n) is 2.80. The van der Waals surface area contributed by atoms with Crippen LogP contribution in [0.4, 0.5) is 13.2 Å². The van der Waals surface area contributed by atoms with Crippen molar-refractivity contribution in [2.75, 3.05) is 6.67 Å². The number of allylic oxidation sites excluding steroid dienone is 1. The van der Waals surface area contributed by atoms with Gasteiger partial charge in [0.05, 0.1) is 4.90 Å². The minimum absolute atomic E-state index is 0. The fourth-order valence-electron chi connectivity index (χ4n) is 1.07. The third kappa shape index (κ3) is 4.11. The third-order valence-corrected chi connectivity index (χ3v) is 2.64. The van der Waals surface area contributed by atoms with Crippen molar-refractivity contribution in [1.29, 1.82) is 0 Å². The number of alkyl halides is 1. The Morgan fingerprint density at radius 2 is 1.76 bits per heavy atom. The van der Waals surface area contributed by atoms with E-state index in [0.717, 1.165) is 12.1 Å². The predicted molar refractivity (Wildman–Crippen MR) is 49.5 cm³/mol. The van der Waals surface area contributed by atoms with E-state index in [4.69, 9.17) is 0 Å². The molecule has 0 bridgehead atoms. The van der Waals surface area contributed by atoms with Crippen LogP contribution in [0.3, 0.4) is 0 Å². The van der Waals surface area contributed by atoms with Crippen LogP contribution in [0.5, 0.6) is 0 Å². The van der Waals surface area contributed by atoms with E-state index in [9.17, 15) is 26.1 Å². The summed E-state index contributed by atoms with van der Waals surface area (Å²) in [4.78, 5) is -0.920. The van der Waals surface area contributed by atoms with Crippen LogP contribution in [0.1, 0.15) is 5.56 Å². The summed E-state index contributed by atoms with van der Waals surface area (Å²) in [6, 6.07) is 4.09. The van der Waals surface area contributed by atoms with Gasteiger partial charge >= 0.3 is 29.6 Å². The van der Waals surface area contributed by atoms with Gasteiger partial charge in [-0.25, -0.2) is 21.6 Å². The van der Waals surface area contributed by atoms with Gasteiger partial charge in [-0.05, 0) is 6.07 Å². The average molecular weight is 274 g/mol. The second kappa shape index (κ2) is 6.55. The molecule has 1 aromatic rings. The van der Waals surface area contributed by atoms with Crippen molar-refractivity contribution < 1.29 is 55.7 Å². The van der Waals surface area contributed by atoms with E-state index in [1.165, 1.54) is 12.1 Å². The van der Waals surface area contributed by atoms with Crippen molar-refractivity contribution >= 4 is 15.9 Å². The molecule has 0 aliphatic carbocycles. The fourth-order valence-corrected chi connectivity index (χ4v) is 1.74. The summed E-state index contributed by atoms with van der Waals surface area (Å²) < 4.78 is 69.8. The van der Waals surface area contributed by atoms with Crippen molar-refractivity contribution in [3.8, 4) is 0 Å². The van der Waals surface area contributed by atoms with Gasteiger partial charge in [0.2, 0.25) is 0 Å². The van der Waals surface area contributed by atoms with Crippen LogP contribution in [0.25, 0.3) is 5.83 Å². The molecule has 0 spiro atoms. The van der Waals surface area contributed by atoms with Crippen LogP contribution >= 0.6 is 0 Å². The van der Waals surface area contributed by atoms with E-state index < -0.39 is 38.9 Å². The molecular formula is C9H6F3NaO3S. The van der Waals surface area contributed by atoms with Crippen LogP contribution in [0, 0.1) is 0 Å². The first-order valence-electron chi connectivity index (χ1n) is 4.03. The molecule has 88 valence electrons. The van der Waals surface area contributed by atoms with Gasteiger partial charge in [0.1, 0.15) is 16.8 Å². The van der Waals surface area contributed by atoms with Gasteiger partial charge in [-0.3, -0.25) is 0 Å².